The highest BCUT2D eigenvalue weighted by molar-refractivity contribution is 5.96. The number of hydrogen-bond acceptors (Lipinski definition) is 3. The van der Waals surface area contributed by atoms with Crippen LogP contribution in [0.25, 0.3) is 0 Å². The Hall–Kier alpha value is -2.82. The third-order valence-electron chi connectivity index (χ3n) is 3.32. The van der Waals surface area contributed by atoms with Crippen LogP contribution in [0.4, 0.5) is 5.69 Å². The van der Waals surface area contributed by atoms with Crippen molar-refractivity contribution in [3.63, 3.8) is 0 Å². The van der Waals surface area contributed by atoms with E-state index in [1.54, 1.807) is 12.1 Å². The van der Waals surface area contributed by atoms with E-state index in [0.717, 1.165) is 11.3 Å². The van der Waals surface area contributed by atoms with Crippen LogP contribution in [-0.2, 0) is 11.2 Å². The van der Waals surface area contributed by atoms with Gasteiger partial charge in [-0.3, -0.25) is 4.79 Å². The standard InChI is InChI=1S/C16H13NO4/c18-15(14-9-10-4-1-2-7-13(10)21-14)17-12-6-3-5-11(8-12)16(19)20/h1-8,14H,9H2,(H,17,18)(H,19,20). The highest BCUT2D eigenvalue weighted by Gasteiger charge is 2.28. The number of anilines is 1. The van der Waals surface area contributed by atoms with Gasteiger partial charge in [-0.1, -0.05) is 24.3 Å². The SMILES string of the molecule is O=C(O)c1cccc(NC(=O)C2Cc3ccccc3O2)c1. The molecule has 5 heteroatoms. The average molecular weight is 283 g/mol. The molecule has 0 radical (unpaired) electrons. The molecule has 0 fully saturated rings. The van der Waals surface area contributed by atoms with Crippen LogP contribution >= 0.6 is 0 Å². The molecule has 0 aliphatic carbocycles. The van der Waals surface area contributed by atoms with E-state index >= 15 is 0 Å². The van der Waals surface area contributed by atoms with Gasteiger partial charge in [0.1, 0.15) is 5.75 Å². The fourth-order valence-electron chi connectivity index (χ4n) is 2.28. The maximum Gasteiger partial charge on any atom is 0.335 e. The predicted octanol–water partition coefficient (Wildman–Crippen LogP) is 2.33. The molecule has 1 heterocycles. The van der Waals surface area contributed by atoms with Gasteiger partial charge in [0.15, 0.2) is 6.10 Å². The smallest absolute Gasteiger partial charge is 0.335 e. The number of amides is 1. The quantitative estimate of drug-likeness (QED) is 0.906. The Morgan fingerprint density at radius 1 is 1.14 bits per heavy atom. The van der Waals surface area contributed by atoms with Crippen LogP contribution in [0.5, 0.6) is 5.75 Å². The van der Waals surface area contributed by atoms with Crippen molar-refractivity contribution in [2.24, 2.45) is 0 Å². The second-order valence-electron chi connectivity index (χ2n) is 4.79. The van der Waals surface area contributed by atoms with Crippen LogP contribution in [-0.4, -0.2) is 23.1 Å². The zero-order valence-corrected chi connectivity index (χ0v) is 11.1. The molecule has 1 aliphatic rings. The molecular weight excluding hydrogens is 270 g/mol. The van der Waals surface area contributed by atoms with Gasteiger partial charge in [-0.15, -0.1) is 0 Å². The minimum absolute atomic E-state index is 0.128. The van der Waals surface area contributed by atoms with Gasteiger partial charge in [-0.05, 0) is 29.8 Å². The summed E-state index contributed by atoms with van der Waals surface area (Å²) in [7, 11) is 0. The van der Waals surface area contributed by atoms with E-state index in [9.17, 15) is 9.59 Å². The summed E-state index contributed by atoms with van der Waals surface area (Å²) >= 11 is 0. The molecule has 0 aromatic heterocycles. The summed E-state index contributed by atoms with van der Waals surface area (Å²) in [5.74, 6) is -0.596. The van der Waals surface area contributed by atoms with Gasteiger partial charge in [-0.2, -0.15) is 0 Å². The van der Waals surface area contributed by atoms with E-state index in [1.807, 2.05) is 24.3 Å². The van der Waals surface area contributed by atoms with Crippen molar-refractivity contribution in [1.82, 2.24) is 0 Å². The van der Waals surface area contributed by atoms with Crippen LogP contribution in [0, 0.1) is 0 Å². The van der Waals surface area contributed by atoms with Gasteiger partial charge < -0.3 is 15.2 Å². The van der Waals surface area contributed by atoms with Crippen LogP contribution in [0.2, 0.25) is 0 Å². The molecular formula is C16H13NO4. The van der Waals surface area contributed by atoms with Crippen molar-refractivity contribution in [2.75, 3.05) is 5.32 Å². The lowest BCUT2D eigenvalue weighted by molar-refractivity contribution is -0.122. The zero-order valence-electron chi connectivity index (χ0n) is 11.1. The van der Waals surface area contributed by atoms with Crippen molar-refractivity contribution in [2.45, 2.75) is 12.5 Å². The molecule has 0 saturated heterocycles. The predicted molar refractivity (Wildman–Crippen MR) is 76.6 cm³/mol. The Balaban J connectivity index is 1.71. The molecule has 21 heavy (non-hydrogen) atoms. The van der Waals surface area contributed by atoms with Crippen molar-refractivity contribution in [1.29, 1.82) is 0 Å². The van der Waals surface area contributed by atoms with E-state index < -0.39 is 12.1 Å². The first-order valence-corrected chi connectivity index (χ1v) is 6.52. The van der Waals surface area contributed by atoms with Gasteiger partial charge >= 0.3 is 5.97 Å². The number of rotatable bonds is 3. The molecule has 0 bridgehead atoms. The van der Waals surface area contributed by atoms with Crippen molar-refractivity contribution < 1.29 is 19.4 Å². The Bertz CT molecular complexity index is 686. The summed E-state index contributed by atoms with van der Waals surface area (Å²) in [4.78, 5) is 23.1. The van der Waals surface area contributed by atoms with Gasteiger partial charge in [0.05, 0.1) is 5.56 Å². The molecule has 2 N–H and O–H groups in total. The number of para-hydroxylation sites is 1. The van der Waals surface area contributed by atoms with Crippen molar-refractivity contribution >= 4 is 17.6 Å². The summed E-state index contributed by atoms with van der Waals surface area (Å²) in [6.07, 6.45) is -0.0726. The normalized spacial score (nSPS) is 15.9. The first-order chi connectivity index (χ1) is 10.1. The Morgan fingerprint density at radius 2 is 1.95 bits per heavy atom. The summed E-state index contributed by atoms with van der Waals surface area (Å²) in [5.41, 5.74) is 1.57. The molecule has 2 aromatic carbocycles. The van der Waals surface area contributed by atoms with E-state index in [0.29, 0.717) is 12.1 Å². The summed E-state index contributed by atoms with van der Waals surface area (Å²) in [6, 6.07) is 13.6. The third kappa shape index (κ3) is 2.72. The lowest BCUT2D eigenvalue weighted by atomic mass is 10.1. The lowest BCUT2D eigenvalue weighted by Crippen LogP contribution is -2.31. The van der Waals surface area contributed by atoms with E-state index in [1.165, 1.54) is 12.1 Å². The number of carbonyl (C=O) groups excluding carboxylic acids is 1. The van der Waals surface area contributed by atoms with Gasteiger partial charge in [0, 0.05) is 12.1 Å². The monoisotopic (exact) mass is 283 g/mol. The van der Waals surface area contributed by atoms with Crippen LogP contribution in [0.3, 0.4) is 0 Å². The molecule has 2 aromatic rings. The minimum atomic E-state index is -1.03. The average Bonchev–Trinajstić information content (AvgIpc) is 2.91. The Kier molecular flexibility index (Phi) is 3.31. The third-order valence-corrected chi connectivity index (χ3v) is 3.32. The zero-order chi connectivity index (χ0) is 14.8. The number of aromatic carboxylic acids is 1. The molecule has 3 rings (SSSR count). The molecule has 106 valence electrons. The number of nitrogens with one attached hydrogen (secondary N) is 1. The first-order valence-electron chi connectivity index (χ1n) is 6.52. The number of hydrogen-bond donors (Lipinski definition) is 2. The second-order valence-corrected chi connectivity index (χ2v) is 4.79. The Morgan fingerprint density at radius 3 is 2.71 bits per heavy atom. The first kappa shape index (κ1) is 13.2. The van der Waals surface area contributed by atoms with Gasteiger partial charge in [0.25, 0.3) is 5.91 Å². The van der Waals surface area contributed by atoms with E-state index in [-0.39, 0.29) is 11.5 Å². The van der Waals surface area contributed by atoms with Crippen molar-refractivity contribution in [3.05, 3.63) is 59.7 Å². The highest BCUT2D eigenvalue weighted by atomic mass is 16.5. The number of carboxylic acid groups (broad SMARTS) is 1. The maximum atomic E-state index is 12.2. The van der Waals surface area contributed by atoms with Crippen LogP contribution in [0.1, 0.15) is 15.9 Å². The van der Waals surface area contributed by atoms with E-state index in [2.05, 4.69) is 5.32 Å². The van der Waals surface area contributed by atoms with Crippen LogP contribution in [0.15, 0.2) is 48.5 Å². The van der Waals surface area contributed by atoms with Gasteiger partial charge in [-0.25, -0.2) is 4.79 Å². The van der Waals surface area contributed by atoms with E-state index in [4.69, 9.17) is 9.84 Å². The molecule has 1 aliphatic heterocycles. The molecule has 0 spiro atoms. The number of fused-ring (bicyclic) bond motifs is 1. The highest BCUT2D eigenvalue weighted by Crippen LogP contribution is 2.28. The molecule has 1 unspecified atom stereocenters. The number of benzene rings is 2. The Labute approximate surface area is 121 Å². The number of ether oxygens (including phenoxy) is 1. The van der Waals surface area contributed by atoms with Crippen molar-refractivity contribution in [3.8, 4) is 5.75 Å². The molecule has 0 saturated carbocycles. The molecule has 1 atom stereocenters. The largest absolute Gasteiger partial charge is 0.480 e. The van der Waals surface area contributed by atoms with Gasteiger partial charge in [0.2, 0.25) is 0 Å². The minimum Gasteiger partial charge on any atom is -0.480 e. The summed E-state index contributed by atoms with van der Waals surface area (Å²) in [5, 5.41) is 11.6. The summed E-state index contributed by atoms with van der Waals surface area (Å²) in [6.45, 7) is 0. The fraction of sp³-hybridized carbons (Fsp3) is 0.125. The topological polar surface area (TPSA) is 75.6 Å². The molecule has 5 nitrogen and oxygen atoms in total. The second kappa shape index (κ2) is 5.28. The lowest BCUT2D eigenvalue weighted by Gasteiger charge is -2.11. The number of carboxylic acids is 1. The fourth-order valence-corrected chi connectivity index (χ4v) is 2.28. The maximum absolute atomic E-state index is 12.2. The van der Waals surface area contributed by atoms with Crippen LogP contribution < -0.4 is 10.1 Å². The number of carbonyl (C=O) groups is 2. The summed E-state index contributed by atoms with van der Waals surface area (Å²) < 4.78 is 5.59. The molecule has 1 amide bonds.